The van der Waals surface area contributed by atoms with Crippen LogP contribution in [-0.2, 0) is 4.79 Å². The molecule has 2 N–H and O–H groups in total. The number of carboxylic acids is 1. The van der Waals surface area contributed by atoms with E-state index in [1.165, 1.54) is 5.57 Å². The van der Waals surface area contributed by atoms with Gasteiger partial charge in [0.25, 0.3) is 0 Å². The molecule has 3 rings (SSSR count). The lowest BCUT2D eigenvalue weighted by Gasteiger charge is -2.25. The Morgan fingerprint density at radius 3 is 2.95 bits per heavy atom. The van der Waals surface area contributed by atoms with Crippen molar-refractivity contribution in [3.63, 3.8) is 0 Å². The van der Waals surface area contributed by atoms with Gasteiger partial charge < -0.3 is 10.4 Å². The molecular weight excluding hydrogens is 274 g/mol. The monoisotopic (exact) mass is 291 g/mol. The average Bonchev–Trinajstić information content (AvgIpc) is 2.81. The highest BCUT2D eigenvalue weighted by Gasteiger charge is 2.39. The molecule has 3 aliphatic rings. The third-order valence-electron chi connectivity index (χ3n) is 4.34. The smallest absolute Gasteiger partial charge is 0.352 e. The van der Waals surface area contributed by atoms with Gasteiger partial charge in [-0.1, -0.05) is 29.9 Å². The second kappa shape index (κ2) is 5.13. The van der Waals surface area contributed by atoms with Crippen molar-refractivity contribution in [2.75, 3.05) is 0 Å². The summed E-state index contributed by atoms with van der Waals surface area (Å²) in [6.45, 7) is 2.04. The number of halogens is 1. The molecule has 0 aromatic carbocycles. The molecule has 0 aromatic heterocycles. The Balaban J connectivity index is 2.00. The molecule has 3 atom stereocenters. The molecule has 0 saturated heterocycles. The van der Waals surface area contributed by atoms with Crippen LogP contribution in [0.5, 0.6) is 0 Å². The fourth-order valence-corrected chi connectivity index (χ4v) is 3.49. The van der Waals surface area contributed by atoms with Crippen molar-refractivity contribution in [3.8, 4) is 0 Å². The molecule has 1 aliphatic heterocycles. The summed E-state index contributed by atoms with van der Waals surface area (Å²) in [4.78, 5) is 11.6. The molecule has 20 heavy (non-hydrogen) atoms. The van der Waals surface area contributed by atoms with E-state index in [-0.39, 0.29) is 17.3 Å². The standard InChI is InChI=1S/C16H18ClNO2/c1-9-3-2-4-12-13(10-5-7-11(17)8-6-10)15(16(19)20)18-14(9)12/h2-5,11-12,14,18H,6-8H2,1H3,(H,19,20). The van der Waals surface area contributed by atoms with E-state index in [2.05, 4.69) is 17.5 Å². The number of fused-ring (bicyclic) bond motifs is 1. The number of allylic oxidation sites excluding steroid dienone is 4. The normalized spacial score (nSPS) is 32.4. The van der Waals surface area contributed by atoms with Crippen LogP contribution in [0.3, 0.4) is 0 Å². The number of carboxylic acid groups (broad SMARTS) is 1. The number of hydrogen-bond donors (Lipinski definition) is 2. The van der Waals surface area contributed by atoms with Crippen LogP contribution < -0.4 is 5.32 Å². The second-order valence-corrected chi connectivity index (χ2v) is 6.26. The largest absolute Gasteiger partial charge is 0.477 e. The Kier molecular flexibility index (Phi) is 3.47. The first-order valence-electron chi connectivity index (χ1n) is 7.00. The van der Waals surface area contributed by atoms with Gasteiger partial charge in [0.1, 0.15) is 5.70 Å². The lowest BCUT2D eigenvalue weighted by atomic mass is 9.80. The summed E-state index contributed by atoms with van der Waals surface area (Å²) in [5.41, 5.74) is 3.64. The number of rotatable bonds is 2. The number of hydrogen-bond acceptors (Lipinski definition) is 2. The number of carbonyl (C=O) groups is 1. The summed E-state index contributed by atoms with van der Waals surface area (Å²) in [6, 6.07) is 0.0794. The number of aliphatic carboxylic acids is 1. The third kappa shape index (κ3) is 2.20. The van der Waals surface area contributed by atoms with Crippen LogP contribution in [-0.4, -0.2) is 22.5 Å². The highest BCUT2D eigenvalue weighted by atomic mass is 35.5. The molecule has 0 saturated carbocycles. The van der Waals surface area contributed by atoms with E-state index in [4.69, 9.17) is 11.6 Å². The topological polar surface area (TPSA) is 49.3 Å². The Bertz CT molecular complexity index is 571. The minimum Gasteiger partial charge on any atom is -0.477 e. The van der Waals surface area contributed by atoms with Crippen LogP contribution in [0.25, 0.3) is 0 Å². The van der Waals surface area contributed by atoms with Crippen molar-refractivity contribution in [1.29, 1.82) is 0 Å². The summed E-state index contributed by atoms with van der Waals surface area (Å²) < 4.78 is 0. The summed E-state index contributed by atoms with van der Waals surface area (Å²) in [7, 11) is 0. The van der Waals surface area contributed by atoms with E-state index < -0.39 is 5.97 Å². The van der Waals surface area contributed by atoms with Crippen LogP contribution in [0.4, 0.5) is 0 Å². The van der Waals surface area contributed by atoms with Gasteiger partial charge in [-0.3, -0.25) is 0 Å². The molecule has 0 aromatic rings. The van der Waals surface area contributed by atoms with Crippen molar-refractivity contribution in [3.05, 3.63) is 46.7 Å². The van der Waals surface area contributed by atoms with E-state index in [1.807, 2.05) is 19.1 Å². The molecule has 0 fully saturated rings. The van der Waals surface area contributed by atoms with Crippen LogP contribution in [0.1, 0.15) is 26.2 Å². The highest BCUT2D eigenvalue weighted by molar-refractivity contribution is 6.20. The van der Waals surface area contributed by atoms with Crippen molar-refractivity contribution in [1.82, 2.24) is 5.32 Å². The van der Waals surface area contributed by atoms with Gasteiger partial charge in [0.05, 0.1) is 6.04 Å². The van der Waals surface area contributed by atoms with Gasteiger partial charge in [0.15, 0.2) is 0 Å². The van der Waals surface area contributed by atoms with Crippen molar-refractivity contribution in [2.24, 2.45) is 5.92 Å². The summed E-state index contributed by atoms with van der Waals surface area (Å²) in [6.07, 6.45) is 10.9. The zero-order chi connectivity index (χ0) is 14.3. The minimum atomic E-state index is -0.871. The fraction of sp³-hybridized carbons (Fsp3) is 0.438. The third-order valence-corrected chi connectivity index (χ3v) is 4.73. The predicted octanol–water partition coefficient (Wildman–Crippen LogP) is 3.15. The Morgan fingerprint density at radius 1 is 1.50 bits per heavy atom. The fourth-order valence-electron chi connectivity index (χ4n) is 3.29. The van der Waals surface area contributed by atoms with E-state index in [9.17, 15) is 9.90 Å². The van der Waals surface area contributed by atoms with E-state index >= 15 is 0 Å². The van der Waals surface area contributed by atoms with Crippen LogP contribution in [0, 0.1) is 5.92 Å². The van der Waals surface area contributed by atoms with Gasteiger partial charge in [-0.15, -0.1) is 11.6 Å². The maximum Gasteiger partial charge on any atom is 0.352 e. The maximum atomic E-state index is 11.6. The van der Waals surface area contributed by atoms with Gasteiger partial charge in [0.2, 0.25) is 0 Å². The first-order valence-corrected chi connectivity index (χ1v) is 7.44. The lowest BCUT2D eigenvalue weighted by Crippen LogP contribution is -2.32. The Morgan fingerprint density at radius 2 is 2.30 bits per heavy atom. The van der Waals surface area contributed by atoms with E-state index in [0.717, 1.165) is 30.4 Å². The molecule has 0 radical (unpaired) electrons. The van der Waals surface area contributed by atoms with Gasteiger partial charge in [-0.25, -0.2) is 4.79 Å². The van der Waals surface area contributed by atoms with Gasteiger partial charge in [-0.2, -0.15) is 0 Å². The van der Waals surface area contributed by atoms with Crippen LogP contribution in [0.2, 0.25) is 0 Å². The summed E-state index contributed by atoms with van der Waals surface area (Å²) in [5.74, 6) is -0.742. The lowest BCUT2D eigenvalue weighted by molar-refractivity contribution is -0.133. The minimum absolute atomic E-state index is 0.0794. The Labute approximate surface area is 123 Å². The zero-order valence-electron chi connectivity index (χ0n) is 11.4. The highest BCUT2D eigenvalue weighted by Crippen LogP contribution is 2.40. The number of alkyl halides is 1. The molecular formula is C16H18ClNO2. The second-order valence-electron chi connectivity index (χ2n) is 5.64. The molecule has 0 amide bonds. The molecule has 106 valence electrons. The van der Waals surface area contributed by atoms with Gasteiger partial charge in [0, 0.05) is 11.3 Å². The molecule has 3 unspecified atom stereocenters. The number of nitrogens with one attached hydrogen (secondary N) is 1. The van der Waals surface area contributed by atoms with Crippen molar-refractivity contribution in [2.45, 2.75) is 37.6 Å². The SMILES string of the molecule is CC1=CC=CC2C(C3=CCC(Cl)CC3)=C(C(=O)O)NC12. The van der Waals surface area contributed by atoms with Gasteiger partial charge >= 0.3 is 5.97 Å². The molecule has 4 heteroatoms. The molecule has 1 heterocycles. The molecule has 0 bridgehead atoms. The van der Waals surface area contributed by atoms with Gasteiger partial charge in [-0.05, 0) is 37.3 Å². The van der Waals surface area contributed by atoms with Crippen molar-refractivity contribution >= 4 is 17.6 Å². The molecule has 2 aliphatic carbocycles. The first kappa shape index (κ1) is 13.5. The van der Waals surface area contributed by atoms with Crippen molar-refractivity contribution < 1.29 is 9.90 Å². The summed E-state index contributed by atoms with van der Waals surface area (Å²) in [5, 5.41) is 12.9. The zero-order valence-corrected chi connectivity index (χ0v) is 12.2. The first-order chi connectivity index (χ1) is 9.58. The van der Waals surface area contributed by atoms with Crippen LogP contribution >= 0.6 is 11.6 Å². The van der Waals surface area contributed by atoms with E-state index in [0.29, 0.717) is 5.70 Å². The quantitative estimate of drug-likeness (QED) is 0.769. The Hall–Kier alpha value is -1.48. The summed E-state index contributed by atoms with van der Waals surface area (Å²) >= 11 is 6.13. The predicted molar refractivity (Wildman–Crippen MR) is 79.5 cm³/mol. The van der Waals surface area contributed by atoms with E-state index in [1.54, 1.807) is 0 Å². The molecule has 0 spiro atoms. The maximum absolute atomic E-state index is 11.6. The average molecular weight is 292 g/mol. The van der Waals surface area contributed by atoms with Crippen LogP contribution in [0.15, 0.2) is 46.7 Å². The molecule has 3 nitrogen and oxygen atoms in total.